The Morgan fingerprint density at radius 3 is 2.59 bits per heavy atom. The number of hydrogen-bond acceptors (Lipinski definition) is 8. The van der Waals surface area contributed by atoms with Crippen LogP contribution in [0.5, 0.6) is 0 Å². The lowest BCUT2D eigenvalue weighted by atomic mass is 10.2. The molecule has 0 saturated heterocycles. The number of pyridine rings is 1. The molecule has 0 unspecified atom stereocenters. The molecule has 0 aliphatic carbocycles. The third-order valence-electron chi connectivity index (χ3n) is 3.92. The zero-order chi connectivity index (χ0) is 21.0. The maximum atomic E-state index is 12.3. The van der Waals surface area contributed by atoms with Crippen LogP contribution in [0.1, 0.15) is 5.56 Å². The highest BCUT2D eigenvalue weighted by molar-refractivity contribution is 7.99. The van der Waals surface area contributed by atoms with Gasteiger partial charge in [0.15, 0.2) is 0 Å². The number of carbonyl (C=O) groups is 1. The molecule has 2 heterocycles. The fraction of sp³-hybridized carbons (Fsp3) is 0.222. The molecular formula is C18H19N5O4S2. The highest BCUT2D eigenvalue weighted by Crippen LogP contribution is 2.24. The maximum absolute atomic E-state index is 12.3. The molecule has 0 atom stereocenters. The standard InChI is InChI=1S/C18H19N5O4S2/c1-12-4-5-14(29(25,26)23(2)3)10-15(12)20-16(24)11-28-18-22-21-17(27-18)13-6-8-19-9-7-13/h4-10H,11H2,1-3H3,(H,20,24). The molecule has 0 radical (unpaired) electrons. The second kappa shape index (κ2) is 8.72. The zero-order valence-electron chi connectivity index (χ0n) is 16.0. The number of carbonyl (C=O) groups excluding carboxylic acids is 1. The summed E-state index contributed by atoms with van der Waals surface area (Å²) in [6, 6.07) is 8.09. The minimum absolute atomic E-state index is 0.0298. The quantitative estimate of drug-likeness (QED) is 0.564. The summed E-state index contributed by atoms with van der Waals surface area (Å²) >= 11 is 1.09. The Balaban J connectivity index is 1.65. The lowest BCUT2D eigenvalue weighted by molar-refractivity contribution is -0.113. The van der Waals surface area contributed by atoms with Crippen LogP contribution in [-0.2, 0) is 14.8 Å². The number of anilines is 1. The van der Waals surface area contributed by atoms with Crippen LogP contribution in [0.15, 0.2) is 57.3 Å². The number of hydrogen-bond donors (Lipinski definition) is 1. The van der Waals surface area contributed by atoms with E-state index in [1.165, 1.54) is 26.2 Å². The predicted molar refractivity (Wildman–Crippen MR) is 109 cm³/mol. The van der Waals surface area contributed by atoms with Crippen LogP contribution in [0.3, 0.4) is 0 Å². The van der Waals surface area contributed by atoms with Crippen molar-refractivity contribution in [2.45, 2.75) is 17.0 Å². The van der Waals surface area contributed by atoms with Crippen molar-refractivity contribution in [1.29, 1.82) is 0 Å². The van der Waals surface area contributed by atoms with Crippen LogP contribution in [0.25, 0.3) is 11.5 Å². The van der Waals surface area contributed by atoms with Crippen molar-refractivity contribution in [1.82, 2.24) is 19.5 Å². The molecule has 29 heavy (non-hydrogen) atoms. The highest BCUT2D eigenvalue weighted by atomic mass is 32.2. The van der Waals surface area contributed by atoms with E-state index in [0.717, 1.165) is 27.2 Å². The lowest BCUT2D eigenvalue weighted by Crippen LogP contribution is -2.22. The van der Waals surface area contributed by atoms with Gasteiger partial charge in [-0.05, 0) is 36.8 Å². The molecule has 0 fully saturated rings. The molecule has 11 heteroatoms. The number of benzene rings is 1. The molecule has 0 bridgehead atoms. The van der Waals surface area contributed by atoms with Gasteiger partial charge in [-0.1, -0.05) is 17.8 Å². The Hall–Kier alpha value is -2.76. The van der Waals surface area contributed by atoms with Crippen LogP contribution in [0.4, 0.5) is 5.69 Å². The van der Waals surface area contributed by atoms with Crippen molar-refractivity contribution in [3.05, 3.63) is 48.3 Å². The summed E-state index contributed by atoms with van der Waals surface area (Å²) in [6.45, 7) is 1.79. The Bertz CT molecular complexity index is 1110. The number of nitrogens with zero attached hydrogens (tertiary/aromatic N) is 4. The van der Waals surface area contributed by atoms with E-state index in [1.54, 1.807) is 37.5 Å². The van der Waals surface area contributed by atoms with E-state index in [1.807, 2.05) is 0 Å². The van der Waals surface area contributed by atoms with E-state index in [-0.39, 0.29) is 21.8 Å². The van der Waals surface area contributed by atoms with Gasteiger partial charge in [-0.2, -0.15) is 0 Å². The second-order valence-corrected chi connectivity index (χ2v) is 9.29. The SMILES string of the molecule is Cc1ccc(S(=O)(=O)N(C)C)cc1NC(=O)CSc1nnc(-c2ccncc2)o1. The van der Waals surface area contributed by atoms with Gasteiger partial charge in [-0.15, -0.1) is 10.2 Å². The molecule has 9 nitrogen and oxygen atoms in total. The van der Waals surface area contributed by atoms with Crippen LogP contribution in [-0.4, -0.2) is 53.7 Å². The summed E-state index contributed by atoms with van der Waals surface area (Å²) in [5.74, 6) is 0.0520. The van der Waals surface area contributed by atoms with E-state index >= 15 is 0 Å². The Morgan fingerprint density at radius 2 is 1.90 bits per heavy atom. The molecule has 1 amide bonds. The van der Waals surface area contributed by atoms with E-state index in [4.69, 9.17) is 4.42 Å². The van der Waals surface area contributed by atoms with Crippen molar-refractivity contribution in [3.63, 3.8) is 0 Å². The molecule has 3 aromatic rings. The minimum Gasteiger partial charge on any atom is -0.411 e. The number of aromatic nitrogens is 3. The van der Waals surface area contributed by atoms with Crippen molar-refractivity contribution in [2.75, 3.05) is 25.2 Å². The number of sulfonamides is 1. The smallest absolute Gasteiger partial charge is 0.277 e. The summed E-state index contributed by atoms with van der Waals surface area (Å²) in [7, 11) is -0.686. The topological polar surface area (TPSA) is 118 Å². The normalized spacial score (nSPS) is 11.6. The van der Waals surface area contributed by atoms with Crippen LogP contribution in [0.2, 0.25) is 0 Å². The number of thioether (sulfide) groups is 1. The number of amides is 1. The molecule has 0 saturated carbocycles. The molecule has 152 valence electrons. The Kier molecular flexibility index (Phi) is 6.30. The van der Waals surface area contributed by atoms with Crippen molar-refractivity contribution in [2.24, 2.45) is 0 Å². The first-order chi connectivity index (χ1) is 13.8. The average Bonchev–Trinajstić information content (AvgIpc) is 3.17. The molecule has 1 N–H and O–H groups in total. The summed E-state index contributed by atoms with van der Waals surface area (Å²) in [5.41, 5.74) is 1.92. The minimum atomic E-state index is -3.59. The van der Waals surface area contributed by atoms with Gasteiger partial charge in [0.2, 0.25) is 21.8 Å². The van der Waals surface area contributed by atoms with Gasteiger partial charge in [-0.25, -0.2) is 12.7 Å². The van der Waals surface area contributed by atoms with Gasteiger partial charge in [-0.3, -0.25) is 9.78 Å². The third kappa shape index (κ3) is 5.00. The maximum Gasteiger partial charge on any atom is 0.277 e. The van der Waals surface area contributed by atoms with Crippen molar-refractivity contribution >= 4 is 33.4 Å². The molecule has 3 rings (SSSR count). The van der Waals surface area contributed by atoms with Gasteiger partial charge in [0.1, 0.15) is 0 Å². The molecule has 0 spiro atoms. The van der Waals surface area contributed by atoms with Gasteiger partial charge in [0.25, 0.3) is 5.22 Å². The molecule has 1 aromatic carbocycles. The lowest BCUT2D eigenvalue weighted by Gasteiger charge is -2.14. The summed E-state index contributed by atoms with van der Waals surface area (Å²) in [5, 5.41) is 10.9. The van der Waals surface area contributed by atoms with Gasteiger partial charge in [0.05, 0.1) is 10.6 Å². The van der Waals surface area contributed by atoms with Crippen LogP contribution >= 0.6 is 11.8 Å². The predicted octanol–water partition coefficient (Wildman–Crippen LogP) is 2.42. The first-order valence-electron chi connectivity index (χ1n) is 8.47. The monoisotopic (exact) mass is 433 g/mol. The summed E-state index contributed by atoms with van der Waals surface area (Å²) in [6.07, 6.45) is 3.24. The van der Waals surface area contributed by atoms with Crippen LogP contribution in [0, 0.1) is 6.92 Å². The first-order valence-corrected chi connectivity index (χ1v) is 10.9. The van der Waals surface area contributed by atoms with E-state index in [0.29, 0.717) is 11.6 Å². The summed E-state index contributed by atoms with van der Waals surface area (Å²) < 4.78 is 31.2. The van der Waals surface area contributed by atoms with Gasteiger partial charge < -0.3 is 9.73 Å². The fourth-order valence-corrected chi connectivity index (χ4v) is 3.79. The van der Waals surface area contributed by atoms with E-state index in [2.05, 4.69) is 20.5 Å². The fourth-order valence-electron chi connectivity index (χ4n) is 2.30. The van der Waals surface area contributed by atoms with Gasteiger partial charge >= 0.3 is 0 Å². The van der Waals surface area contributed by atoms with Crippen LogP contribution < -0.4 is 5.32 Å². The number of nitrogens with one attached hydrogen (secondary N) is 1. The Labute approximate surface area is 172 Å². The zero-order valence-corrected chi connectivity index (χ0v) is 17.6. The molecule has 0 aliphatic heterocycles. The summed E-state index contributed by atoms with van der Waals surface area (Å²) in [4.78, 5) is 16.4. The number of rotatable bonds is 7. The van der Waals surface area contributed by atoms with Gasteiger partial charge in [0, 0.05) is 37.7 Å². The largest absolute Gasteiger partial charge is 0.411 e. The molecular weight excluding hydrogens is 414 g/mol. The Morgan fingerprint density at radius 1 is 1.17 bits per heavy atom. The first kappa shape index (κ1) is 21.0. The third-order valence-corrected chi connectivity index (χ3v) is 6.55. The highest BCUT2D eigenvalue weighted by Gasteiger charge is 2.19. The van der Waals surface area contributed by atoms with E-state index in [9.17, 15) is 13.2 Å². The average molecular weight is 434 g/mol. The molecule has 0 aliphatic rings. The van der Waals surface area contributed by atoms with Crippen molar-refractivity contribution < 1.29 is 17.6 Å². The second-order valence-electron chi connectivity index (χ2n) is 6.21. The van der Waals surface area contributed by atoms with E-state index < -0.39 is 10.0 Å². The van der Waals surface area contributed by atoms with Crippen molar-refractivity contribution in [3.8, 4) is 11.5 Å². The molecule has 2 aromatic heterocycles. The number of aryl methyl sites for hydroxylation is 1.